The van der Waals surface area contributed by atoms with Gasteiger partial charge in [-0.05, 0) is 67.9 Å². The molecule has 0 saturated carbocycles. The lowest BCUT2D eigenvalue weighted by molar-refractivity contribution is 0.412. The van der Waals surface area contributed by atoms with Crippen LogP contribution in [-0.4, -0.2) is 17.1 Å². The molecule has 0 amide bonds. The van der Waals surface area contributed by atoms with Gasteiger partial charge in [0, 0.05) is 22.0 Å². The van der Waals surface area contributed by atoms with Gasteiger partial charge in [-0.15, -0.1) is 0 Å². The van der Waals surface area contributed by atoms with E-state index in [1.165, 1.54) is 0 Å². The Kier molecular flexibility index (Phi) is 5.47. The summed E-state index contributed by atoms with van der Waals surface area (Å²) in [5.41, 5.74) is 1.12. The summed E-state index contributed by atoms with van der Waals surface area (Å²) in [4.78, 5) is 4.34. The van der Waals surface area contributed by atoms with Crippen molar-refractivity contribution in [3.05, 3.63) is 39.8 Å². The van der Waals surface area contributed by atoms with E-state index in [2.05, 4.69) is 47.0 Å². The van der Waals surface area contributed by atoms with Crippen molar-refractivity contribution in [3.63, 3.8) is 0 Å². The van der Waals surface area contributed by atoms with Crippen LogP contribution in [-0.2, 0) is 6.42 Å². The maximum atomic E-state index is 5.99. The largest absolute Gasteiger partial charge is 0.441 e. The molecule has 0 aliphatic carbocycles. The van der Waals surface area contributed by atoms with Crippen molar-refractivity contribution in [1.82, 2.24) is 10.3 Å². The summed E-state index contributed by atoms with van der Waals surface area (Å²) in [6, 6.07) is 5.71. The molecule has 0 atom stereocenters. The molecule has 0 aliphatic rings. The molecule has 1 aromatic carbocycles. The Bertz CT molecular complexity index is 605. The first kappa shape index (κ1) is 16.5. The van der Waals surface area contributed by atoms with Crippen LogP contribution in [0.15, 0.2) is 33.3 Å². The molecule has 1 heterocycles. The van der Waals surface area contributed by atoms with Crippen LogP contribution in [0, 0.1) is 0 Å². The number of aryl methyl sites for hydroxylation is 1. The molecule has 1 aromatic heterocycles. The number of hydrogen-bond donors (Lipinski definition) is 1. The van der Waals surface area contributed by atoms with E-state index in [1.807, 2.05) is 18.2 Å². The highest BCUT2D eigenvalue weighted by molar-refractivity contribution is 9.10. The van der Waals surface area contributed by atoms with Crippen LogP contribution >= 0.6 is 27.5 Å². The Morgan fingerprint density at radius 3 is 2.76 bits per heavy atom. The predicted octanol–water partition coefficient (Wildman–Crippen LogP) is 5.08. The molecule has 114 valence electrons. The standard InChI is InChI=1S/C16H20BrClN2O/c1-16(2,3)20-8-4-5-15-19-10-14(21-15)11-6-7-13(18)12(17)9-11/h6-7,9-10,20H,4-5,8H2,1-3H3. The topological polar surface area (TPSA) is 38.1 Å². The van der Waals surface area contributed by atoms with Crippen molar-refractivity contribution in [1.29, 1.82) is 0 Å². The zero-order chi connectivity index (χ0) is 15.5. The van der Waals surface area contributed by atoms with Crippen molar-refractivity contribution >= 4 is 27.5 Å². The lowest BCUT2D eigenvalue weighted by Crippen LogP contribution is -2.36. The van der Waals surface area contributed by atoms with Crippen molar-refractivity contribution in [2.24, 2.45) is 0 Å². The van der Waals surface area contributed by atoms with E-state index < -0.39 is 0 Å². The van der Waals surface area contributed by atoms with E-state index in [0.29, 0.717) is 5.02 Å². The molecule has 2 aromatic rings. The minimum Gasteiger partial charge on any atom is -0.441 e. The summed E-state index contributed by atoms with van der Waals surface area (Å²) in [5, 5.41) is 4.14. The number of nitrogens with one attached hydrogen (secondary N) is 1. The van der Waals surface area contributed by atoms with Crippen molar-refractivity contribution in [2.45, 2.75) is 39.2 Å². The van der Waals surface area contributed by atoms with Crippen molar-refractivity contribution in [3.8, 4) is 11.3 Å². The van der Waals surface area contributed by atoms with E-state index in [9.17, 15) is 0 Å². The first-order valence-corrected chi connectivity index (χ1v) is 8.17. The number of hydrogen-bond acceptors (Lipinski definition) is 3. The zero-order valence-electron chi connectivity index (χ0n) is 12.5. The van der Waals surface area contributed by atoms with Gasteiger partial charge >= 0.3 is 0 Å². The molecule has 0 saturated heterocycles. The zero-order valence-corrected chi connectivity index (χ0v) is 14.9. The van der Waals surface area contributed by atoms with Gasteiger partial charge in [0.15, 0.2) is 11.7 Å². The molecule has 0 unspecified atom stereocenters. The van der Waals surface area contributed by atoms with E-state index in [0.717, 1.165) is 41.1 Å². The second-order valence-corrected chi connectivity index (χ2v) is 7.29. The normalized spacial score (nSPS) is 11.9. The Labute approximate surface area is 139 Å². The maximum Gasteiger partial charge on any atom is 0.194 e. The molecule has 0 aliphatic heterocycles. The number of nitrogens with zero attached hydrogens (tertiary/aromatic N) is 1. The van der Waals surface area contributed by atoms with Crippen LogP contribution in [0.2, 0.25) is 5.02 Å². The first-order chi connectivity index (χ1) is 9.85. The number of benzene rings is 1. The Morgan fingerprint density at radius 2 is 2.10 bits per heavy atom. The Balaban J connectivity index is 1.93. The van der Waals surface area contributed by atoms with Gasteiger partial charge < -0.3 is 9.73 Å². The number of halogens is 2. The van der Waals surface area contributed by atoms with Crippen molar-refractivity contribution in [2.75, 3.05) is 6.54 Å². The fourth-order valence-corrected chi connectivity index (χ4v) is 2.41. The molecule has 21 heavy (non-hydrogen) atoms. The number of aromatic nitrogens is 1. The van der Waals surface area contributed by atoms with E-state index in [4.69, 9.17) is 16.0 Å². The summed E-state index contributed by atoms with van der Waals surface area (Å²) in [6.45, 7) is 7.44. The molecule has 3 nitrogen and oxygen atoms in total. The molecule has 0 bridgehead atoms. The second-order valence-electron chi connectivity index (χ2n) is 6.03. The van der Waals surface area contributed by atoms with Crippen LogP contribution in [0.1, 0.15) is 33.1 Å². The average molecular weight is 372 g/mol. The van der Waals surface area contributed by atoms with Gasteiger partial charge in [-0.25, -0.2) is 4.98 Å². The molecule has 1 N–H and O–H groups in total. The van der Waals surface area contributed by atoms with E-state index in [1.54, 1.807) is 6.20 Å². The molecular weight excluding hydrogens is 352 g/mol. The van der Waals surface area contributed by atoms with Crippen LogP contribution in [0.25, 0.3) is 11.3 Å². The van der Waals surface area contributed by atoms with Gasteiger partial charge in [0.2, 0.25) is 0 Å². The first-order valence-electron chi connectivity index (χ1n) is 7.00. The summed E-state index contributed by atoms with van der Waals surface area (Å²) in [7, 11) is 0. The van der Waals surface area contributed by atoms with Gasteiger partial charge in [0.05, 0.1) is 11.2 Å². The SMILES string of the molecule is CC(C)(C)NCCCc1ncc(-c2ccc(Cl)c(Br)c2)o1. The predicted molar refractivity (Wildman–Crippen MR) is 90.7 cm³/mol. The fourth-order valence-electron chi connectivity index (χ4n) is 1.91. The summed E-state index contributed by atoms with van der Waals surface area (Å²) < 4.78 is 6.65. The van der Waals surface area contributed by atoms with Gasteiger partial charge in [-0.2, -0.15) is 0 Å². The van der Waals surface area contributed by atoms with Crippen molar-refractivity contribution < 1.29 is 4.42 Å². The summed E-state index contributed by atoms with van der Waals surface area (Å²) in [5.74, 6) is 1.54. The highest BCUT2D eigenvalue weighted by Gasteiger charge is 2.10. The van der Waals surface area contributed by atoms with Crippen LogP contribution in [0.3, 0.4) is 0 Å². The highest BCUT2D eigenvalue weighted by Crippen LogP contribution is 2.29. The summed E-state index contributed by atoms with van der Waals surface area (Å²) >= 11 is 9.41. The maximum absolute atomic E-state index is 5.99. The Hall–Kier alpha value is -0.840. The van der Waals surface area contributed by atoms with Gasteiger partial charge in [-0.3, -0.25) is 0 Å². The number of oxazole rings is 1. The molecule has 0 fully saturated rings. The molecule has 0 spiro atoms. The quantitative estimate of drug-likeness (QED) is 0.745. The van der Waals surface area contributed by atoms with E-state index >= 15 is 0 Å². The monoisotopic (exact) mass is 370 g/mol. The minimum absolute atomic E-state index is 0.150. The molecular formula is C16H20BrClN2O. The third kappa shape index (κ3) is 5.13. The lowest BCUT2D eigenvalue weighted by atomic mass is 10.1. The van der Waals surface area contributed by atoms with Gasteiger partial charge in [0.1, 0.15) is 0 Å². The molecule has 2 rings (SSSR count). The third-order valence-corrected chi connectivity index (χ3v) is 4.19. The molecule has 0 radical (unpaired) electrons. The second kappa shape index (κ2) is 6.95. The molecule has 5 heteroatoms. The minimum atomic E-state index is 0.150. The third-order valence-electron chi connectivity index (χ3n) is 2.98. The fraction of sp³-hybridized carbons (Fsp3) is 0.438. The Morgan fingerprint density at radius 1 is 1.33 bits per heavy atom. The smallest absolute Gasteiger partial charge is 0.194 e. The van der Waals surface area contributed by atoms with Gasteiger partial charge in [-0.1, -0.05) is 11.6 Å². The summed E-state index contributed by atoms with van der Waals surface area (Å²) in [6.07, 6.45) is 3.60. The van der Waals surface area contributed by atoms with Gasteiger partial charge in [0.25, 0.3) is 0 Å². The van der Waals surface area contributed by atoms with E-state index in [-0.39, 0.29) is 5.54 Å². The van der Waals surface area contributed by atoms with Crippen LogP contribution in [0.4, 0.5) is 0 Å². The lowest BCUT2D eigenvalue weighted by Gasteiger charge is -2.19. The van der Waals surface area contributed by atoms with Crippen LogP contribution in [0.5, 0.6) is 0 Å². The average Bonchev–Trinajstić information content (AvgIpc) is 2.86. The van der Waals surface area contributed by atoms with Crippen LogP contribution < -0.4 is 5.32 Å². The highest BCUT2D eigenvalue weighted by atomic mass is 79.9. The number of rotatable bonds is 5.